The van der Waals surface area contributed by atoms with Gasteiger partial charge in [-0.05, 0) is 150 Å². The molecule has 6 N–H and O–H groups in total. The van der Waals surface area contributed by atoms with Gasteiger partial charge in [0.15, 0.2) is 28.8 Å². The molecule has 15 rings (SSSR count). The van der Waals surface area contributed by atoms with Gasteiger partial charge in [-0.1, -0.05) is 97.0 Å². The molecule has 0 atom stereocenters. The normalized spacial score (nSPS) is 18.9. The van der Waals surface area contributed by atoms with Gasteiger partial charge in [0.2, 0.25) is 0 Å². The summed E-state index contributed by atoms with van der Waals surface area (Å²) in [5.41, 5.74) is 29.1. The number of carbonyl (C=O) groups is 5. The van der Waals surface area contributed by atoms with E-state index >= 15 is 0 Å². The first-order valence-electron chi connectivity index (χ1n) is 36.4. The van der Waals surface area contributed by atoms with Crippen LogP contribution < -0.4 is 40.9 Å². The van der Waals surface area contributed by atoms with Crippen molar-refractivity contribution < 1.29 is 52.1 Å². The number of nitrogens with zero attached hydrogens (tertiary/aromatic N) is 3. The lowest BCUT2D eigenvalue weighted by Crippen LogP contribution is -2.46. The number of amides is 3. The van der Waals surface area contributed by atoms with Crippen LogP contribution in [0.2, 0.25) is 0 Å². The SMILES string of the molecule is C=CCc1ccc(OCc2ccc(C(=O)N3CCC4(CC3)COc3ccc(CN)cc34)o2)c(OC)c1.CC(C)Sc1sc(C(=O)N2CCC3(CC2)COc2ccc(CN)cc23)c2c1C(=O)CC(C)(C)C2.CCSc1sc(C(=O)N2CCC3(CC2)COc2ccc(CN)cc23)c2c1C(=O)CC(C)(C)C2. The third-order valence-electron chi connectivity index (χ3n) is 22.0. The number of hydrogen-bond donors (Lipinski definition) is 3. The van der Waals surface area contributed by atoms with Gasteiger partial charge < -0.3 is 60.0 Å². The van der Waals surface area contributed by atoms with Crippen molar-refractivity contribution in [1.82, 2.24) is 14.7 Å². The van der Waals surface area contributed by atoms with Crippen LogP contribution in [-0.2, 0) is 61.7 Å². The minimum atomic E-state index is -0.114. The van der Waals surface area contributed by atoms with Crippen molar-refractivity contribution in [3.05, 3.63) is 180 Å². The number of allylic oxidation sites excluding steroid dienone is 1. The molecule has 3 amide bonds. The van der Waals surface area contributed by atoms with Crippen LogP contribution >= 0.6 is 46.2 Å². The van der Waals surface area contributed by atoms with Crippen molar-refractivity contribution in [3.63, 3.8) is 0 Å². The Morgan fingerprint density at radius 3 is 1.42 bits per heavy atom. The predicted molar refractivity (Wildman–Crippen MR) is 409 cm³/mol. The molecule has 3 fully saturated rings. The highest BCUT2D eigenvalue weighted by atomic mass is 32.2. The largest absolute Gasteiger partial charge is 0.493 e. The molecule has 103 heavy (non-hydrogen) atoms. The van der Waals surface area contributed by atoms with Crippen LogP contribution in [0.5, 0.6) is 28.7 Å². The second kappa shape index (κ2) is 30.2. The standard InChI is InChI=1S/C29H32N2O5.C27H34N2O3S2.C26H32N2O3S2/c1-3-4-20-5-9-25(27(16-20)33-2)34-18-22-7-10-26(36-22)28(32)31-13-11-29(12-14-31)19-35-24-8-6-21(17-30)15-23(24)29;1-16(2)33-25-22-18(12-26(3,4)13-20(22)30)23(34-25)24(31)29-9-7-27(8-10-29)15-32-21-6-5-17(14-28)11-19(21)27;1-4-32-24-21-17(12-25(2,3)13-19(21)29)22(33-24)23(30)28-9-7-26(8-10-28)15-31-20-6-5-16(14-27)11-18(20)26/h3,5-10,15-16H,1,4,11-14,17-19,30H2,2H3;5-6,11,16H,7-10,12-15,28H2,1-4H3;5-6,11H,4,7-10,12-15,27H2,1-3H3. The zero-order valence-electron chi connectivity index (χ0n) is 60.8. The highest BCUT2D eigenvalue weighted by Crippen LogP contribution is 2.52. The van der Waals surface area contributed by atoms with Crippen molar-refractivity contribution in [1.29, 1.82) is 0 Å². The molecule has 546 valence electrons. The molecule has 8 aliphatic rings. The smallest absolute Gasteiger partial charge is 0.289 e. The molecule has 3 aromatic heterocycles. The topological polar surface area (TPSA) is 232 Å². The van der Waals surface area contributed by atoms with Crippen molar-refractivity contribution in [2.75, 3.05) is 72.0 Å². The summed E-state index contributed by atoms with van der Waals surface area (Å²) >= 11 is 6.48. The molecule has 2 aliphatic carbocycles. The second-order valence-electron chi connectivity index (χ2n) is 30.8. The van der Waals surface area contributed by atoms with E-state index in [1.165, 1.54) is 39.4 Å². The van der Waals surface area contributed by atoms with Crippen LogP contribution in [0.4, 0.5) is 0 Å². The Morgan fingerprint density at radius 2 is 1.00 bits per heavy atom. The maximum atomic E-state index is 13.8. The molecule has 9 heterocycles. The number of fused-ring (bicyclic) bond motifs is 8. The van der Waals surface area contributed by atoms with Gasteiger partial charge in [0, 0.05) is 121 Å². The first-order valence-corrected chi connectivity index (χ1v) is 39.9. The van der Waals surface area contributed by atoms with Gasteiger partial charge in [-0.25, -0.2) is 0 Å². The van der Waals surface area contributed by atoms with Crippen LogP contribution in [0.3, 0.4) is 0 Å². The number of thioether (sulfide) groups is 2. The molecule has 0 bridgehead atoms. The van der Waals surface area contributed by atoms with Gasteiger partial charge in [0.1, 0.15) is 29.6 Å². The fourth-order valence-corrected chi connectivity index (χ4v) is 21.7. The summed E-state index contributed by atoms with van der Waals surface area (Å²) in [7, 11) is 1.61. The Labute approximate surface area is 622 Å². The molecular formula is C82H98N6O11S4. The number of ketones is 2. The van der Waals surface area contributed by atoms with E-state index in [1.54, 1.807) is 42.8 Å². The van der Waals surface area contributed by atoms with E-state index in [4.69, 9.17) is 45.3 Å². The Kier molecular flexibility index (Phi) is 21.7. The summed E-state index contributed by atoms with van der Waals surface area (Å²) in [4.78, 5) is 74.2. The van der Waals surface area contributed by atoms with Gasteiger partial charge in [-0.15, -0.1) is 52.8 Å². The van der Waals surface area contributed by atoms with E-state index in [0.29, 0.717) is 120 Å². The Balaban J connectivity index is 0.000000138. The quantitative estimate of drug-likeness (QED) is 0.0603. The van der Waals surface area contributed by atoms with Crippen LogP contribution in [0.25, 0.3) is 0 Å². The molecule has 0 saturated carbocycles. The first kappa shape index (κ1) is 73.9. The number of piperidine rings is 3. The zero-order chi connectivity index (χ0) is 72.8. The lowest BCUT2D eigenvalue weighted by atomic mass is 9.73. The number of ether oxygens (including phenoxy) is 5. The van der Waals surface area contributed by atoms with Gasteiger partial charge in [0.25, 0.3) is 17.7 Å². The first-order chi connectivity index (χ1) is 49.4. The van der Waals surface area contributed by atoms with E-state index in [0.717, 1.165) is 143 Å². The van der Waals surface area contributed by atoms with Gasteiger partial charge in [-0.3, -0.25) is 24.0 Å². The summed E-state index contributed by atoms with van der Waals surface area (Å²) in [5.74, 6) is 6.40. The highest BCUT2D eigenvalue weighted by molar-refractivity contribution is 8.01. The molecule has 0 radical (unpaired) electrons. The van der Waals surface area contributed by atoms with Gasteiger partial charge in [0.05, 0.1) is 45.1 Å². The van der Waals surface area contributed by atoms with Crippen molar-refractivity contribution >= 4 is 75.5 Å². The average molecular weight is 1470 g/mol. The maximum absolute atomic E-state index is 13.8. The van der Waals surface area contributed by atoms with E-state index in [1.807, 2.05) is 75.4 Å². The Morgan fingerprint density at radius 1 is 0.573 bits per heavy atom. The molecule has 6 aliphatic heterocycles. The van der Waals surface area contributed by atoms with Crippen LogP contribution in [-0.4, -0.2) is 121 Å². The third kappa shape index (κ3) is 15.0. The van der Waals surface area contributed by atoms with Crippen LogP contribution in [0.15, 0.2) is 110 Å². The Hall–Kier alpha value is -7.37. The lowest BCUT2D eigenvalue weighted by molar-refractivity contribution is 0.0609. The van der Waals surface area contributed by atoms with Crippen LogP contribution in [0.1, 0.15) is 206 Å². The number of Topliss-reactive ketones (excluding diaryl/α,β-unsaturated/α-hetero) is 2. The number of benzene rings is 4. The summed E-state index contributed by atoms with van der Waals surface area (Å²) < 4.78 is 37.3. The number of carbonyl (C=O) groups excluding carboxylic acids is 5. The van der Waals surface area contributed by atoms with Crippen molar-refractivity contribution in [2.45, 2.75) is 175 Å². The summed E-state index contributed by atoms with van der Waals surface area (Å²) in [6.45, 7) is 26.5. The number of methoxy groups -OCH3 is 1. The molecule has 21 heteroatoms. The van der Waals surface area contributed by atoms with Gasteiger partial charge >= 0.3 is 0 Å². The van der Waals surface area contributed by atoms with Crippen molar-refractivity contribution in [2.24, 2.45) is 28.0 Å². The molecule has 17 nitrogen and oxygen atoms in total. The maximum Gasteiger partial charge on any atom is 0.289 e. The molecule has 0 unspecified atom stereocenters. The summed E-state index contributed by atoms with van der Waals surface area (Å²) in [5, 5.41) is 0.365. The second-order valence-corrected chi connectivity index (χ2v) is 36.3. The van der Waals surface area contributed by atoms with E-state index in [-0.39, 0.29) is 63.0 Å². The fraction of sp³-hybridized carbons (Fsp3) is 0.476. The van der Waals surface area contributed by atoms with Crippen LogP contribution in [0, 0.1) is 10.8 Å². The number of rotatable bonds is 16. The average Bonchev–Trinajstić information content (AvgIpc) is 1.63. The van der Waals surface area contributed by atoms with Gasteiger partial charge in [-0.2, -0.15) is 0 Å². The number of likely N-dealkylation sites (tertiary alicyclic amines) is 3. The minimum Gasteiger partial charge on any atom is -0.493 e. The molecule has 7 aromatic rings. The molecule has 4 aromatic carbocycles. The molecule has 3 saturated heterocycles. The monoisotopic (exact) mass is 1470 g/mol. The summed E-state index contributed by atoms with van der Waals surface area (Å²) in [6.07, 6.45) is 10.5. The zero-order valence-corrected chi connectivity index (χ0v) is 64.1. The molecule has 3 spiro atoms. The summed E-state index contributed by atoms with van der Waals surface area (Å²) in [6, 6.07) is 28.0. The minimum absolute atomic E-state index is 0.0344. The number of thiophene rings is 2. The molecular weight excluding hydrogens is 1370 g/mol. The van der Waals surface area contributed by atoms with E-state index in [9.17, 15) is 24.0 Å². The number of hydrogen-bond acceptors (Lipinski definition) is 18. The van der Waals surface area contributed by atoms with E-state index < -0.39 is 0 Å². The fourth-order valence-electron chi connectivity index (χ4n) is 16.3. The lowest BCUT2D eigenvalue weighted by Gasteiger charge is -2.39. The van der Waals surface area contributed by atoms with Crippen molar-refractivity contribution in [3.8, 4) is 28.7 Å². The van der Waals surface area contributed by atoms with E-state index in [2.05, 4.69) is 73.2 Å². The highest BCUT2D eigenvalue weighted by Gasteiger charge is 2.49. The number of furan rings is 1. The Bertz CT molecular complexity index is 4390. The number of nitrogens with two attached hydrogens (primary N) is 3. The third-order valence-corrected chi connectivity index (χ3v) is 26.9. The predicted octanol–water partition coefficient (Wildman–Crippen LogP) is 15.1.